The third-order valence-electron chi connectivity index (χ3n) is 2.47. The average Bonchev–Trinajstić information content (AvgIpc) is 2.63. The standard InChI is InChI=1S/C11H9ClF2N2S/c1-5-3-7(10-15-11(12)17-16-10)4-6(2)8(5)9(13)14/h3-4,9H,1-2H3. The molecule has 1 aromatic heterocycles. The van der Waals surface area contributed by atoms with Gasteiger partial charge in [-0.3, -0.25) is 0 Å². The lowest BCUT2D eigenvalue weighted by atomic mass is 9.99. The van der Waals surface area contributed by atoms with Crippen molar-refractivity contribution >= 4 is 23.1 Å². The lowest BCUT2D eigenvalue weighted by Crippen LogP contribution is -1.95. The zero-order valence-corrected chi connectivity index (χ0v) is 10.7. The molecule has 0 aliphatic rings. The van der Waals surface area contributed by atoms with E-state index in [-0.39, 0.29) is 5.56 Å². The molecule has 0 atom stereocenters. The Morgan fingerprint density at radius 2 is 1.82 bits per heavy atom. The molecule has 17 heavy (non-hydrogen) atoms. The largest absolute Gasteiger partial charge is 0.264 e. The first kappa shape index (κ1) is 12.4. The van der Waals surface area contributed by atoms with Gasteiger partial charge in [-0.2, -0.15) is 4.37 Å². The first-order valence-electron chi connectivity index (χ1n) is 4.88. The van der Waals surface area contributed by atoms with Crippen LogP contribution in [0, 0.1) is 13.8 Å². The molecule has 1 heterocycles. The summed E-state index contributed by atoms with van der Waals surface area (Å²) in [5.74, 6) is 0.479. The average molecular weight is 275 g/mol. The Morgan fingerprint density at radius 3 is 2.24 bits per heavy atom. The van der Waals surface area contributed by atoms with Gasteiger partial charge in [0.25, 0.3) is 6.43 Å². The van der Waals surface area contributed by atoms with E-state index < -0.39 is 6.43 Å². The van der Waals surface area contributed by atoms with Gasteiger partial charge in [0, 0.05) is 11.1 Å². The van der Waals surface area contributed by atoms with Crippen molar-refractivity contribution in [3.63, 3.8) is 0 Å². The van der Waals surface area contributed by atoms with E-state index in [9.17, 15) is 8.78 Å². The van der Waals surface area contributed by atoms with Crippen LogP contribution in [0.15, 0.2) is 12.1 Å². The molecule has 0 spiro atoms. The summed E-state index contributed by atoms with van der Waals surface area (Å²) in [6.07, 6.45) is -2.46. The molecule has 0 aliphatic carbocycles. The predicted octanol–water partition coefficient (Wildman–Crippen LogP) is 4.41. The molecule has 0 saturated heterocycles. The number of hydrogen-bond acceptors (Lipinski definition) is 3. The van der Waals surface area contributed by atoms with Gasteiger partial charge in [0.05, 0.1) is 0 Å². The van der Waals surface area contributed by atoms with Gasteiger partial charge in [-0.25, -0.2) is 13.8 Å². The summed E-state index contributed by atoms with van der Waals surface area (Å²) in [5.41, 5.74) is 1.88. The molecule has 2 nitrogen and oxygen atoms in total. The van der Waals surface area contributed by atoms with Crippen molar-refractivity contribution in [2.45, 2.75) is 20.3 Å². The number of benzene rings is 1. The van der Waals surface area contributed by atoms with E-state index in [1.807, 2.05) is 0 Å². The Bertz CT molecular complexity index is 531. The molecule has 0 N–H and O–H groups in total. The molecule has 6 heteroatoms. The van der Waals surface area contributed by atoms with Gasteiger partial charge in [-0.05, 0) is 60.2 Å². The SMILES string of the molecule is Cc1cc(-c2nsc(Cl)n2)cc(C)c1C(F)F. The first-order chi connectivity index (χ1) is 7.99. The summed E-state index contributed by atoms with van der Waals surface area (Å²) in [6, 6.07) is 3.32. The van der Waals surface area contributed by atoms with Crippen LogP contribution in [0.5, 0.6) is 0 Å². The highest BCUT2D eigenvalue weighted by molar-refractivity contribution is 7.10. The quantitative estimate of drug-likeness (QED) is 0.810. The second-order valence-corrected chi connectivity index (χ2v) is 5.03. The van der Waals surface area contributed by atoms with Crippen molar-refractivity contribution in [2.75, 3.05) is 0 Å². The van der Waals surface area contributed by atoms with Gasteiger partial charge in [-0.1, -0.05) is 0 Å². The molecule has 2 aromatic rings. The molecule has 0 radical (unpaired) electrons. The van der Waals surface area contributed by atoms with Crippen molar-refractivity contribution in [2.24, 2.45) is 0 Å². The van der Waals surface area contributed by atoms with E-state index in [0.717, 1.165) is 11.5 Å². The van der Waals surface area contributed by atoms with E-state index in [0.29, 0.717) is 27.0 Å². The van der Waals surface area contributed by atoms with Crippen LogP contribution >= 0.6 is 23.1 Å². The van der Waals surface area contributed by atoms with Gasteiger partial charge in [0.2, 0.25) is 4.47 Å². The number of halogens is 3. The second-order valence-electron chi connectivity index (χ2n) is 3.70. The number of alkyl halides is 2. The zero-order valence-electron chi connectivity index (χ0n) is 9.17. The van der Waals surface area contributed by atoms with E-state index in [1.54, 1.807) is 26.0 Å². The molecule has 0 bridgehead atoms. The molecule has 0 fully saturated rings. The smallest absolute Gasteiger partial charge is 0.205 e. The normalized spacial score (nSPS) is 11.2. The van der Waals surface area contributed by atoms with Crippen LogP contribution in [0.4, 0.5) is 8.78 Å². The summed E-state index contributed by atoms with van der Waals surface area (Å²) in [6.45, 7) is 3.32. The van der Waals surface area contributed by atoms with Gasteiger partial charge >= 0.3 is 0 Å². The van der Waals surface area contributed by atoms with Crippen molar-refractivity contribution in [3.8, 4) is 11.4 Å². The highest BCUT2D eigenvalue weighted by Crippen LogP contribution is 2.31. The van der Waals surface area contributed by atoms with Crippen molar-refractivity contribution in [1.82, 2.24) is 9.36 Å². The monoisotopic (exact) mass is 274 g/mol. The molecule has 0 aliphatic heterocycles. The Morgan fingerprint density at radius 1 is 1.24 bits per heavy atom. The van der Waals surface area contributed by atoms with E-state index >= 15 is 0 Å². The summed E-state index contributed by atoms with van der Waals surface area (Å²) in [7, 11) is 0. The van der Waals surface area contributed by atoms with Crippen molar-refractivity contribution < 1.29 is 8.78 Å². The maximum absolute atomic E-state index is 12.8. The third-order valence-corrected chi connectivity index (χ3v) is 3.27. The van der Waals surface area contributed by atoms with E-state index in [2.05, 4.69) is 9.36 Å². The lowest BCUT2D eigenvalue weighted by molar-refractivity contribution is 0.150. The van der Waals surface area contributed by atoms with Gasteiger partial charge in [0.15, 0.2) is 5.82 Å². The number of nitrogens with zero attached hydrogens (tertiary/aromatic N) is 2. The number of rotatable bonds is 2. The van der Waals surface area contributed by atoms with Crippen LogP contribution in [0.1, 0.15) is 23.1 Å². The van der Waals surface area contributed by atoms with Crippen molar-refractivity contribution in [1.29, 1.82) is 0 Å². The Labute approximate surface area is 106 Å². The molecule has 1 aromatic carbocycles. The molecule has 0 unspecified atom stereocenters. The van der Waals surface area contributed by atoms with Crippen LogP contribution < -0.4 is 0 Å². The Hall–Kier alpha value is -1.07. The highest BCUT2D eigenvalue weighted by Gasteiger charge is 2.16. The Balaban J connectivity index is 2.52. The summed E-state index contributed by atoms with van der Waals surface area (Å²) >= 11 is 6.77. The number of aromatic nitrogens is 2. The van der Waals surface area contributed by atoms with E-state index in [4.69, 9.17) is 11.6 Å². The third kappa shape index (κ3) is 2.45. The summed E-state index contributed by atoms with van der Waals surface area (Å²) < 4.78 is 29.9. The Kier molecular flexibility index (Phi) is 3.40. The van der Waals surface area contributed by atoms with Gasteiger partial charge in [-0.15, -0.1) is 0 Å². The van der Waals surface area contributed by atoms with E-state index in [1.165, 1.54) is 0 Å². The lowest BCUT2D eigenvalue weighted by Gasteiger charge is -2.10. The minimum absolute atomic E-state index is 0.0788. The number of aryl methyl sites for hydroxylation is 2. The molecule has 0 saturated carbocycles. The van der Waals surface area contributed by atoms with Crippen LogP contribution in [0.25, 0.3) is 11.4 Å². The minimum atomic E-state index is -2.46. The first-order valence-corrected chi connectivity index (χ1v) is 6.03. The summed E-state index contributed by atoms with van der Waals surface area (Å²) in [5, 5.41) is 0. The van der Waals surface area contributed by atoms with Crippen LogP contribution in [0.2, 0.25) is 4.47 Å². The van der Waals surface area contributed by atoms with Gasteiger partial charge in [0.1, 0.15) is 0 Å². The maximum Gasteiger partial charge on any atom is 0.264 e. The number of hydrogen-bond donors (Lipinski definition) is 0. The second kappa shape index (κ2) is 4.66. The van der Waals surface area contributed by atoms with Crippen molar-refractivity contribution in [3.05, 3.63) is 33.3 Å². The molecular weight excluding hydrogens is 266 g/mol. The fraction of sp³-hybridized carbons (Fsp3) is 0.273. The van der Waals surface area contributed by atoms with Crippen LogP contribution in [-0.4, -0.2) is 9.36 Å². The summed E-state index contributed by atoms with van der Waals surface area (Å²) in [4.78, 5) is 4.02. The van der Waals surface area contributed by atoms with Crippen LogP contribution in [0.3, 0.4) is 0 Å². The van der Waals surface area contributed by atoms with Crippen LogP contribution in [-0.2, 0) is 0 Å². The topological polar surface area (TPSA) is 25.8 Å². The maximum atomic E-state index is 12.8. The molecule has 90 valence electrons. The fourth-order valence-electron chi connectivity index (χ4n) is 1.77. The molecule has 2 rings (SSSR count). The molecule has 0 amide bonds. The highest BCUT2D eigenvalue weighted by atomic mass is 35.5. The minimum Gasteiger partial charge on any atom is -0.205 e. The molecular formula is C11H9ClF2N2S. The fourth-order valence-corrected chi connectivity index (χ4v) is 2.39. The zero-order chi connectivity index (χ0) is 12.6. The predicted molar refractivity (Wildman–Crippen MR) is 64.8 cm³/mol. The van der Waals surface area contributed by atoms with Gasteiger partial charge < -0.3 is 0 Å².